The highest BCUT2D eigenvalue weighted by Gasteiger charge is 2.33. The third-order valence-corrected chi connectivity index (χ3v) is 6.09. The van der Waals surface area contributed by atoms with Gasteiger partial charge in [0, 0.05) is 23.3 Å². The van der Waals surface area contributed by atoms with Crippen molar-refractivity contribution in [2.45, 2.75) is 32.0 Å². The van der Waals surface area contributed by atoms with E-state index in [0.717, 1.165) is 34.7 Å². The van der Waals surface area contributed by atoms with E-state index in [1.807, 2.05) is 33.9 Å². The average molecular weight is 398 g/mol. The van der Waals surface area contributed by atoms with Crippen molar-refractivity contribution >= 4 is 21.9 Å². The summed E-state index contributed by atoms with van der Waals surface area (Å²) in [4.78, 5) is 8.96. The van der Waals surface area contributed by atoms with Crippen LogP contribution in [0.4, 0.5) is 0 Å². The Bertz CT molecular complexity index is 984. The fraction of sp³-hybridized carbons (Fsp3) is 0.500. The third-order valence-electron chi connectivity index (χ3n) is 5.10. The standard InChI is InChI=1S/C20H25N6OS/c1-28(2)10-9-27-14-25-8-6-17-19(22-13-23-20(17)25)16-11-24-26(12-16)18(5-7-21)15-3-4-15/h6,8,11-13,15,18H,3-5,9-10,14H2,1-2H3/q+1/t18-/m1/s1. The Morgan fingerprint density at radius 1 is 1.36 bits per heavy atom. The van der Waals surface area contributed by atoms with Crippen molar-refractivity contribution in [3.05, 3.63) is 31.0 Å². The molecular formula is C20H25N6OS+. The van der Waals surface area contributed by atoms with Crippen LogP contribution in [0.15, 0.2) is 31.0 Å². The first-order valence-electron chi connectivity index (χ1n) is 9.50. The topological polar surface area (TPSA) is 81.5 Å². The van der Waals surface area contributed by atoms with Crippen LogP contribution < -0.4 is 0 Å². The van der Waals surface area contributed by atoms with Crippen molar-refractivity contribution in [3.8, 4) is 17.3 Å². The summed E-state index contributed by atoms with van der Waals surface area (Å²) in [7, 11) is 0.389. The highest BCUT2D eigenvalue weighted by Crippen LogP contribution is 2.41. The van der Waals surface area contributed by atoms with Gasteiger partial charge in [0.15, 0.2) is 0 Å². The molecule has 0 unspecified atom stereocenters. The summed E-state index contributed by atoms with van der Waals surface area (Å²) in [5.41, 5.74) is 2.68. The summed E-state index contributed by atoms with van der Waals surface area (Å²) in [5.74, 6) is 1.64. The summed E-state index contributed by atoms with van der Waals surface area (Å²) in [6.07, 6.45) is 14.7. The molecule has 0 radical (unpaired) electrons. The maximum atomic E-state index is 9.14. The fourth-order valence-electron chi connectivity index (χ4n) is 3.42. The van der Waals surface area contributed by atoms with Crippen LogP contribution in [0.2, 0.25) is 0 Å². The van der Waals surface area contributed by atoms with E-state index in [9.17, 15) is 0 Å². The molecule has 146 valence electrons. The molecule has 3 heterocycles. The molecule has 7 nitrogen and oxygen atoms in total. The molecular weight excluding hydrogens is 372 g/mol. The predicted octanol–water partition coefficient (Wildman–Crippen LogP) is 3.01. The lowest BCUT2D eigenvalue weighted by atomic mass is 10.1. The van der Waals surface area contributed by atoms with Crippen LogP contribution in [0, 0.1) is 17.2 Å². The maximum absolute atomic E-state index is 9.14. The van der Waals surface area contributed by atoms with Crippen molar-refractivity contribution in [1.82, 2.24) is 24.3 Å². The normalized spacial score (nSPS) is 15.2. The molecule has 0 amide bonds. The lowest BCUT2D eigenvalue weighted by molar-refractivity contribution is 0.0924. The smallest absolute Gasteiger partial charge is 0.145 e. The molecule has 1 saturated carbocycles. The second-order valence-electron chi connectivity index (χ2n) is 7.45. The molecule has 1 fully saturated rings. The molecule has 3 aromatic rings. The highest BCUT2D eigenvalue weighted by molar-refractivity contribution is 7.95. The first-order chi connectivity index (χ1) is 13.7. The van der Waals surface area contributed by atoms with Crippen molar-refractivity contribution in [2.75, 3.05) is 24.9 Å². The zero-order valence-corrected chi connectivity index (χ0v) is 17.1. The first kappa shape index (κ1) is 19.0. The van der Waals surface area contributed by atoms with Crippen LogP contribution in [0.3, 0.4) is 0 Å². The van der Waals surface area contributed by atoms with Crippen LogP contribution in [0.5, 0.6) is 0 Å². The van der Waals surface area contributed by atoms with E-state index >= 15 is 0 Å². The Hall–Kier alpha value is -2.37. The van der Waals surface area contributed by atoms with E-state index in [0.29, 0.717) is 30.0 Å². The van der Waals surface area contributed by atoms with Gasteiger partial charge in [0.05, 0.1) is 49.5 Å². The molecule has 0 spiro atoms. The molecule has 0 bridgehead atoms. The molecule has 3 aromatic heterocycles. The summed E-state index contributed by atoms with van der Waals surface area (Å²) in [6.45, 7) is 1.24. The summed E-state index contributed by atoms with van der Waals surface area (Å²) < 4.78 is 9.75. The molecule has 8 heteroatoms. The minimum absolute atomic E-state index is 0.163. The van der Waals surface area contributed by atoms with Gasteiger partial charge >= 0.3 is 0 Å². The number of nitriles is 1. The number of rotatable bonds is 9. The van der Waals surface area contributed by atoms with Gasteiger partial charge in [0.1, 0.15) is 24.5 Å². The van der Waals surface area contributed by atoms with Crippen LogP contribution in [0.25, 0.3) is 22.3 Å². The fourth-order valence-corrected chi connectivity index (χ4v) is 3.87. The number of hydrogen-bond acceptors (Lipinski definition) is 5. The molecule has 0 N–H and O–H groups in total. The van der Waals surface area contributed by atoms with Gasteiger partial charge in [-0.05, 0) is 35.7 Å². The number of fused-ring (bicyclic) bond motifs is 1. The molecule has 0 saturated heterocycles. The number of hydrogen-bond donors (Lipinski definition) is 0. The Balaban J connectivity index is 1.55. The van der Waals surface area contributed by atoms with E-state index in [4.69, 9.17) is 10.00 Å². The molecule has 4 rings (SSSR count). The van der Waals surface area contributed by atoms with Gasteiger partial charge in [0.25, 0.3) is 0 Å². The van der Waals surface area contributed by atoms with E-state index in [-0.39, 0.29) is 6.04 Å². The maximum Gasteiger partial charge on any atom is 0.145 e. The SMILES string of the molecule is C[S+](C)CCOCn1ccc2c(-c3cnn([C@H](CC#N)C4CC4)c3)ncnc21. The molecule has 1 aliphatic rings. The zero-order valence-electron chi connectivity index (χ0n) is 16.3. The van der Waals surface area contributed by atoms with Crippen molar-refractivity contribution in [2.24, 2.45) is 5.92 Å². The third kappa shape index (κ3) is 4.05. The van der Waals surface area contributed by atoms with Gasteiger partial charge in [-0.1, -0.05) is 0 Å². The Morgan fingerprint density at radius 2 is 2.21 bits per heavy atom. The van der Waals surface area contributed by atoms with Crippen LogP contribution in [-0.2, 0) is 22.4 Å². The van der Waals surface area contributed by atoms with Gasteiger partial charge in [-0.2, -0.15) is 10.4 Å². The Morgan fingerprint density at radius 3 is 2.96 bits per heavy atom. The van der Waals surface area contributed by atoms with Crippen molar-refractivity contribution < 1.29 is 4.74 Å². The Labute approximate surface area is 167 Å². The summed E-state index contributed by atoms with van der Waals surface area (Å²) in [6, 6.07) is 4.49. The number of aromatic nitrogens is 5. The molecule has 1 atom stereocenters. The summed E-state index contributed by atoms with van der Waals surface area (Å²) in [5, 5.41) is 14.7. The molecule has 28 heavy (non-hydrogen) atoms. The van der Waals surface area contributed by atoms with Crippen LogP contribution in [-0.4, -0.2) is 49.2 Å². The van der Waals surface area contributed by atoms with E-state index in [1.54, 1.807) is 6.33 Å². The van der Waals surface area contributed by atoms with E-state index in [1.165, 1.54) is 12.8 Å². The number of ether oxygens (including phenoxy) is 1. The highest BCUT2D eigenvalue weighted by atomic mass is 32.2. The van der Waals surface area contributed by atoms with Gasteiger partial charge in [-0.15, -0.1) is 0 Å². The van der Waals surface area contributed by atoms with Crippen molar-refractivity contribution in [3.63, 3.8) is 0 Å². The monoisotopic (exact) mass is 397 g/mol. The minimum atomic E-state index is 0.163. The Kier molecular flexibility index (Phi) is 5.64. The second kappa shape index (κ2) is 8.33. The number of nitrogens with zero attached hydrogens (tertiary/aromatic N) is 6. The lowest BCUT2D eigenvalue weighted by Gasteiger charge is -2.12. The van der Waals surface area contributed by atoms with Crippen LogP contribution in [0.1, 0.15) is 25.3 Å². The minimum Gasteiger partial charge on any atom is -0.356 e. The molecule has 0 aliphatic heterocycles. The first-order valence-corrected chi connectivity index (χ1v) is 11.7. The van der Waals surface area contributed by atoms with E-state index in [2.05, 4.69) is 33.6 Å². The largest absolute Gasteiger partial charge is 0.356 e. The van der Waals surface area contributed by atoms with Gasteiger partial charge < -0.3 is 9.30 Å². The molecule has 1 aliphatic carbocycles. The van der Waals surface area contributed by atoms with Gasteiger partial charge in [-0.3, -0.25) is 4.68 Å². The van der Waals surface area contributed by atoms with Gasteiger partial charge in [0.2, 0.25) is 0 Å². The van der Waals surface area contributed by atoms with Crippen molar-refractivity contribution in [1.29, 1.82) is 5.26 Å². The van der Waals surface area contributed by atoms with E-state index < -0.39 is 0 Å². The zero-order chi connectivity index (χ0) is 19.5. The molecule has 0 aromatic carbocycles. The quantitative estimate of drug-likeness (QED) is 0.409. The lowest BCUT2D eigenvalue weighted by Crippen LogP contribution is -2.11. The van der Waals surface area contributed by atoms with Gasteiger partial charge in [-0.25, -0.2) is 9.97 Å². The van der Waals surface area contributed by atoms with Crippen LogP contribution >= 0.6 is 0 Å². The average Bonchev–Trinajstić information content (AvgIpc) is 3.26. The summed E-state index contributed by atoms with van der Waals surface area (Å²) >= 11 is 0. The second-order valence-corrected chi connectivity index (χ2v) is 9.83. The predicted molar refractivity (Wildman–Crippen MR) is 111 cm³/mol.